The number of nitrogens with zero attached hydrogens (tertiary/aromatic N) is 2. The average molecular weight is 374 g/mol. The molecule has 138 valence electrons. The van der Waals surface area contributed by atoms with Crippen LogP contribution in [0.5, 0.6) is 11.5 Å². The predicted molar refractivity (Wildman–Crippen MR) is 101 cm³/mol. The summed E-state index contributed by atoms with van der Waals surface area (Å²) in [6.45, 7) is -0.324. The number of nitro benzene ring substituents is 1. The lowest BCUT2D eigenvalue weighted by Crippen LogP contribution is -2.17. The molecule has 0 saturated heterocycles. The summed E-state index contributed by atoms with van der Waals surface area (Å²) in [5.41, 5.74) is 2.39. The van der Waals surface area contributed by atoms with Crippen molar-refractivity contribution in [1.82, 2.24) is 0 Å². The molecule has 3 aromatic carbocycles. The van der Waals surface area contributed by atoms with Crippen LogP contribution < -0.4 is 9.47 Å². The number of hydrogen-bond donors (Lipinski definition) is 0. The van der Waals surface area contributed by atoms with Crippen LogP contribution in [-0.2, 0) is 4.79 Å². The third-order valence-corrected chi connectivity index (χ3v) is 3.84. The Morgan fingerprint density at radius 3 is 1.96 bits per heavy atom. The Bertz CT molecular complexity index is 1020. The van der Waals surface area contributed by atoms with Crippen LogP contribution in [0, 0.1) is 21.4 Å². The van der Waals surface area contributed by atoms with Crippen molar-refractivity contribution in [2.45, 2.75) is 0 Å². The van der Waals surface area contributed by atoms with Gasteiger partial charge in [-0.05, 0) is 47.5 Å². The topological polar surface area (TPSA) is 102 Å². The normalized spacial score (nSPS) is 9.96. The molecule has 3 aromatic rings. The van der Waals surface area contributed by atoms with Gasteiger partial charge in [-0.25, -0.2) is 4.79 Å². The first-order valence-electron chi connectivity index (χ1n) is 8.24. The van der Waals surface area contributed by atoms with Gasteiger partial charge in [0.1, 0.15) is 11.5 Å². The molecule has 0 aliphatic heterocycles. The van der Waals surface area contributed by atoms with E-state index in [0.29, 0.717) is 17.1 Å². The van der Waals surface area contributed by atoms with Crippen LogP contribution in [0.1, 0.15) is 5.56 Å². The number of non-ortho nitro benzene ring substituents is 1. The lowest BCUT2D eigenvalue weighted by atomic mass is 10.0. The Balaban J connectivity index is 1.55. The molecular weight excluding hydrogens is 360 g/mol. The fourth-order valence-electron chi connectivity index (χ4n) is 2.42. The molecule has 0 saturated carbocycles. The van der Waals surface area contributed by atoms with E-state index in [1.165, 1.54) is 24.3 Å². The average Bonchev–Trinajstić information content (AvgIpc) is 2.73. The number of ether oxygens (including phenoxy) is 2. The number of carbonyl (C=O) groups is 1. The predicted octanol–water partition coefficient (Wildman–Crippen LogP) is 4.12. The lowest BCUT2D eigenvalue weighted by molar-refractivity contribution is -0.384. The van der Waals surface area contributed by atoms with E-state index in [1.54, 1.807) is 36.4 Å². The van der Waals surface area contributed by atoms with Gasteiger partial charge in [0.2, 0.25) is 0 Å². The van der Waals surface area contributed by atoms with Crippen LogP contribution in [-0.4, -0.2) is 17.5 Å². The maximum absolute atomic E-state index is 11.9. The monoisotopic (exact) mass is 374 g/mol. The zero-order valence-electron chi connectivity index (χ0n) is 14.6. The molecule has 0 heterocycles. The molecule has 0 atom stereocenters. The highest BCUT2D eigenvalue weighted by Gasteiger charge is 2.09. The molecule has 0 aliphatic carbocycles. The highest BCUT2D eigenvalue weighted by Crippen LogP contribution is 2.23. The van der Waals surface area contributed by atoms with Crippen LogP contribution >= 0.6 is 0 Å². The van der Waals surface area contributed by atoms with E-state index >= 15 is 0 Å². The molecule has 0 amide bonds. The standard InChI is InChI=1S/C21H14N2O5/c22-13-15-1-3-16(4-2-15)17-5-9-20(10-6-17)28-21(24)14-27-19-11-7-18(8-12-19)23(25)26/h1-12H,14H2. The van der Waals surface area contributed by atoms with Crippen molar-refractivity contribution >= 4 is 11.7 Å². The first kappa shape index (κ1) is 18.6. The van der Waals surface area contributed by atoms with Crippen LogP contribution in [0.2, 0.25) is 0 Å². The molecule has 28 heavy (non-hydrogen) atoms. The van der Waals surface area contributed by atoms with Gasteiger partial charge < -0.3 is 9.47 Å². The van der Waals surface area contributed by atoms with Crippen LogP contribution in [0.4, 0.5) is 5.69 Å². The van der Waals surface area contributed by atoms with E-state index in [-0.39, 0.29) is 12.3 Å². The van der Waals surface area contributed by atoms with E-state index in [2.05, 4.69) is 6.07 Å². The minimum absolute atomic E-state index is 0.0581. The molecule has 0 aliphatic rings. The molecule has 7 heteroatoms. The van der Waals surface area contributed by atoms with Crippen molar-refractivity contribution in [2.75, 3.05) is 6.61 Å². The largest absolute Gasteiger partial charge is 0.482 e. The van der Waals surface area contributed by atoms with Crippen molar-refractivity contribution < 1.29 is 19.2 Å². The summed E-state index contributed by atoms with van der Waals surface area (Å²) in [5, 5.41) is 19.4. The summed E-state index contributed by atoms with van der Waals surface area (Å²) < 4.78 is 10.5. The van der Waals surface area contributed by atoms with Crippen molar-refractivity contribution in [1.29, 1.82) is 5.26 Å². The third-order valence-electron chi connectivity index (χ3n) is 3.84. The first-order valence-corrected chi connectivity index (χ1v) is 8.24. The number of benzene rings is 3. The Hall–Kier alpha value is -4.18. The fraction of sp³-hybridized carbons (Fsp3) is 0.0476. The molecule has 0 bridgehead atoms. The number of nitro groups is 1. The van der Waals surface area contributed by atoms with E-state index in [1.807, 2.05) is 12.1 Å². The third kappa shape index (κ3) is 4.71. The Kier molecular flexibility index (Phi) is 5.63. The second-order valence-electron chi connectivity index (χ2n) is 5.73. The SMILES string of the molecule is N#Cc1ccc(-c2ccc(OC(=O)COc3ccc([N+](=O)[O-])cc3)cc2)cc1. The number of nitriles is 1. The fourth-order valence-corrected chi connectivity index (χ4v) is 2.42. The molecule has 0 unspecified atom stereocenters. The van der Waals surface area contributed by atoms with Gasteiger partial charge >= 0.3 is 5.97 Å². The van der Waals surface area contributed by atoms with Gasteiger partial charge in [-0.3, -0.25) is 10.1 Å². The molecule has 0 spiro atoms. The molecule has 0 N–H and O–H groups in total. The second-order valence-corrected chi connectivity index (χ2v) is 5.73. The van der Waals surface area contributed by atoms with Crippen molar-refractivity contribution in [3.05, 3.63) is 88.5 Å². The maximum atomic E-state index is 11.9. The number of carbonyl (C=O) groups excluding carboxylic acids is 1. The second kappa shape index (κ2) is 8.47. The number of rotatable bonds is 6. The van der Waals surface area contributed by atoms with Crippen LogP contribution in [0.25, 0.3) is 11.1 Å². The molecule has 0 fully saturated rings. The zero-order chi connectivity index (χ0) is 19.9. The van der Waals surface area contributed by atoms with Gasteiger partial charge in [-0.1, -0.05) is 24.3 Å². The first-order chi connectivity index (χ1) is 13.5. The summed E-state index contributed by atoms with van der Waals surface area (Å²) in [4.78, 5) is 22.0. The summed E-state index contributed by atoms with van der Waals surface area (Å²) in [6.07, 6.45) is 0. The number of esters is 1. The van der Waals surface area contributed by atoms with Crippen molar-refractivity contribution in [3.63, 3.8) is 0 Å². The highest BCUT2D eigenvalue weighted by atomic mass is 16.6. The minimum atomic E-state index is -0.593. The van der Waals surface area contributed by atoms with E-state index in [4.69, 9.17) is 14.7 Å². The Labute approximate surface area is 160 Å². The van der Waals surface area contributed by atoms with Crippen molar-refractivity contribution in [3.8, 4) is 28.7 Å². The maximum Gasteiger partial charge on any atom is 0.349 e. The van der Waals surface area contributed by atoms with Gasteiger partial charge in [0, 0.05) is 12.1 Å². The summed E-state index contributed by atoms with van der Waals surface area (Å²) >= 11 is 0. The molecule has 7 nitrogen and oxygen atoms in total. The Morgan fingerprint density at radius 2 is 1.43 bits per heavy atom. The van der Waals surface area contributed by atoms with Gasteiger partial charge in [-0.15, -0.1) is 0 Å². The van der Waals surface area contributed by atoms with Crippen LogP contribution in [0.15, 0.2) is 72.8 Å². The van der Waals surface area contributed by atoms with Gasteiger partial charge in [0.25, 0.3) is 5.69 Å². The van der Waals surface area contributed by atoms with Crippen molar-refractivity contribution in [2.24, 2.45) is 0 Å². The van der Waals surface area contributed by atoms with E-state index in [0.717, 1.165) is 11.1 Å². The summed E-state index contributed by atoms with van der Waals surface area (Å²) in [7, 11) is 0. The lowest BCUT2D eigenvalue weighted by Gasteiger charge is -2.08. The molecule has 3 rings (SSSR count). The van der Waals surface area contributed by atoms with Gasteiger partial charge in [0.15, 0.2) is 6.61 Å². The smallest absolute Gasteiger partial charge is 0.349 e. The number of hydrogen-bond acceptors (Lipinski definition) is 6. The van der Waals surface area contributed by atoms with Gasteiger partial charge in [-0.2, -0.15) is 5.26 Å². The zero-order valence-corrected chi connectivity index (χ0v) is 14.6. The van der Waals surface area contributed by atoms with E-state index in [9.17, 15) is 14.9 Å². The van der Waals surface area contributed by atoms with Crippen LogP contribution in [0.3, 0.4) is 0 Å². The molecule has 0 aromatic heterocycles. The van der Waals surface area contributed by atoms with Gasteiger partial charge in [0.05, 0.1) is 16.6 Å². The van der Waals surface area contributed by atoms with E-state index < -0.39 is 10.9 Å². The molecular formula is C21H14N2O5. The molecule has 0 radical (unpaired) electrons. The summed E-state index contributed by atoms with van der Waals surface area (Å²) in [6, 6.07) is 21.6. The highest BCUT2D eigenvalue weighted by molar-refractivity contribution is 5.74. The minimum Gasteiger partial charge on any atom is -0.482 e. The summed E-state index contributed by atoms with van der Waals surface area (Å²) in [5.74, 6) is 0.109. The quantitative estimate of drug-likeness (QED) is 0.278. The Morgan fingerprint density at radius 1 is 0.893 bits per heavy atom.